The van der Waals surface area contributed by atoms with Crippen LogP contribution in [0.25, 0.3) is 0 Å². The lowest BCUT2D eigenvalue weighted by molar-refractivity contribution is 0.405. The van der Waals surface area contributed by atoms with Gasteiger partial charge in [-0.1, -0.05) is 6.07 Å². The van der Waals surface area contributed by atoms with E-state index in [1.54, 1.807) is 7.11 Å². The van der Waals surface area contributed by atoms with Crippen molar-refractivity contribution in [3.8, 4) is 5.75 Å². The summed E-state index contributed by atoms with van der Waals surface area (Å²) in [5, 5.41) is 0.0410. The van der Waals surface area contributed by atoms with Crippen molar-refractivity contribution in [2.24, 2.45) is 5.73 Å². The van der Waals surface area contributed by atoms with Crippen LogP contribution in [0.4, 0.5) is 0 Å². The van der Waals surface area contributed by atoms with Gasteiger partial charge in [0, 0.05) is 17.4 Å². The Morgan fingerprint density at radius 2 is 1.93 bits per heavy atom. The molecule has 3 heteroatoms. The fourth-order valence-electron chi connectivity index (χ4n) is 1.87. The SMILES string of the molecule is COc1c(C)c(C)cc(C)c1C(S)CN. The third-order valence-electron chi connectivity index (χ3n) is 2.80. The normalized spacial score (nSPS) is 12.7. The van der Waals surface area contributed by atoms with Crippen LogP contribution in [0.1, 0.15) is 27.5 Å². The molecule has 0 bridgehead atoms. The van der Waals surface area contributed by atoms with Crippen molar-refractivity contribution >= 4 is 12.6 Å². The first kappa shape index (κ1) is 12.4. The van der Waals surface area contributed by atoms with E-state index in [9.17, 15) is 0 Å². The predicted octanol–water partition coefficient (Wildman–Crippen LogP) is 2.55. The molecule has 0 radical (unpaired) electrons. The Kier molecular flexibility index (Phi) is 4.05. The lowest BCUT2D eigenvalue weighted by atomic mass is 9.96. The summed E-state index contributed by atoms with van der Waals surface area (Å²) in [6, 6.07) is 2.16. The van der Waals surface area contributed by atoms with Gasteiger partial charge in [-0.05, 0) is 37.5 Å². The molecule has 0 aromatic heterocycles. The molecule has 0 aliphatic rings. The van der Waals surface area contributed by atoms with E-state index in [2.05, 4.69) is 39.5 Å². The molecular weight excluding hydrogens is 206 g/mol. The van der Waals surface area contributed by atoms with E-state index in [0.29, 0.717) is 6.54 Å². The van der Waals surface area contributed by atoms with Crippen molar-refractivity contribution in [3.63, 3.8) is 0 Å². The van der Waals surface area contributed by atoms with Crippen LogP contribution in [0.3, 0.4) is 0 Å². The van der Waals surface area contributed by atoms with Crippen molar-refractivity contribution in [1.82, 2.24) is 0 Å². The van der Waals surface area contributed by atoms with Gasteiger partial charge >= 0.3 is 0 Å². The molecule has 0 spiro atoms. The van der Waals surface area contributed by atoms with Crippen molar-refractivity contribution < 1.29 is 4.74 Å². The second-order valence-electron chi connectivity index (χ2n) is 3.83. The molecule has 1 unspecified atom stereocenters. The van der Waals surface area contributed by atoms with Crippen molar-refractivity contribution in [1.29, 1.82) is 0 Å². The minimum absolute atomic E-state index is 0.0410. The molecule has 1 atom stereocenters. The molecule has 0 amide bonds. The molecule has 0 heterocycles. The minimum atomic E-state index is 0.0410. The van der Waals surface area contributed by atoms with Crippen LogP contribution in [-0.2, 0) is 0 Å². The number of aryl methyl sites for hydroxylation is 2. The topological polar surface area (TPSA) is 35.2 Å². The molecule has 1 rings (SSSR count). The van der Waals surface area contributed by atoms with Gasteiger partial charge in [0.25, 0.3) is 0 Å². The maximum absolute atomic E-state index is 5.65. The molecule has 15 heavy (non-hydrogen) atoms. The van der Waals surface area contributed by atoms with Crippen molar-refractivity contribution in [2.75, 3.05) is 13.7 Å². The molecule has 0 saturated carbocycles. The number of nitrogens with two attached hydrogens (primary N) is 1. The van der Waals surface area contributed by atoms with Crippen molar-refractivity contribution in [3.05, 3.63) is 28.3 Å². The summed E-state index contributed by atoms with van der Waals surface area (Å²) in [5.41, 5.74) is 10.4. The summed E-state index contributed by atoms with van der Waals surface area (Å²) in [5.74, 6) is 0.929. The summed E-state index contributed by atoms with van der Waals surface area (Å²) in [6.07, 6.45) is 0. The average Bonchev–Trinajstić information content (AvgIpc) is 2.21. The van der Waals surface area contributed by atoms with Crippen LogP contribution in [0, 0.1) is 20.8 Å². The third kappa shape index (κ3) is 2.29. The first-order valence-electron chi connectivity index (χ1n) is 5.05. The maximum atomic E-state index is 5.65. The van der Waals surface area contributed by atoms with E-state index in [1.807, 2.05) is 0 Å². The summed E-state index contributed by atoms with van der Waals surface area (Å²) in [6.45, 7) is 6.74. The van der Waals surface area contributed by atoms with Gasteiger partial charge in [0.05, 0.1) is 7.11 Å². The molecule has 0 saturated heterocycles. The molecule has 1 aromatic rings. The van der Waals surface area contributed by atoms with E-state index < -0.39 is 0 Å². The highest BCUT2D eigenvalue weighted by Crippen LogP contribution is 2.36. The highest BCUT2D eigenvalue weighted by atomic mass is 32.1. The Morgan fingerprint density at radius 3 is 2.40 bits per heavy atom. The van der Waals surface area contributed by atoms with E-state index in [0.717, 1.165) is 11.3 Å². The molecule has 0 fully saturated rings. The zero-order chi connectivity index (χ0) is 11.6. The van der Waals surface area contributed by atoms with Gasteiger partial charge in [0.1, 0.15) is 5.75 Å². The predicted molar refractivity (Wildman–Crippen MR) is 68.0 cm³/mol. The van der Waals surface area contributed by atoms with Gasteiger partial charge in [0.2, 0.25) is 0 Å². The van der Waals surface area contributed by atoms with E-state index in [4.69, 9.17) is 10.5 Å². The number of methoxy groups -OCH3 is 1. The van der Waals surface area contributed by atoms with Crippen molar-refractivity contribution in [2.45, 2.75) is 26.0 Å². The molecule has 0 aliphatic carbocycles. The maximum Gasteiger partial charge on any atom is 0.126 e. The lowest BCUT2D eigenvalue weighted by Crippen LogP contribution is -2.11. The standard InChI is InChI=1S/C12H19NOS/c1-7-5-8(2)11(10(15)6-13)12(14-4)9(7)3/h5,10,15H,6,13H2,1-4H3. The smallest absolute Gasteiger partial charge is 0.126 e. The van der Waals surface area contributed by atoms with Gasteiger partial charge < -0.3 is 10.5 Å². The second-order valence-corrected chi connectivity index (χ2v) is 4.46. The van der Waals surface area contributed by atoms with Gasteiger partial charge in [0.15, 0.2) is 0 Å². The average molecular weight is 225 g/mol. The van der Waals surface area contributed by atoms with Gasteiger partial charge in [-0.25, -0.2) is 0 Å². The molecule has 0 aliphatic heterocycles. The lowest BCUT2D eigenvalue weighted by Gasteiger charge is -2.19. The first-order chi connectivity index (χ1) is 7.02. The Labute approximate surface area is 97.2 Å². The molecule has 2 nitrogen and oxygen atoms in total. The van der Waals surface area contributed by atoms with E-state index in [-0.39, 0.29) is 5.25 Å². The monoisotopic (exact) mass is 225 g/mol. The summed E-state index contributed by atoms with van der Waals surface area (Å²) < 4.78 is 5.46. The van der Waals surface area contributed by atoms with Gasteiger partial charge in [-0.15, -0.1) is 0 Å². The van der Waals surface area contributed by atoms with Crippen LogP contribution in [0.5, 0.6) is 5.75 Å². The first-order valence-corrected chi connectivity index (χ1v) is 5.57. The molecule has 84 valence electrons. The number of hydrogen-bond acceptors (Lipinski definition) is 3. The number of benzene rings is 1. The summed E-state index contributed by atoms with van der Waals surface area (Å²) in [7, 11) is 1.70. The largest absolute Gasteiger partial charge is 0.496 e. The van der Waals surface area contributed by atoms with E-state index >= 15 is 0 Å². The highest BCUT2D eigenvalue weighted by Gasteiger charge is 2.17. The molecule has 1 aromatic carbocycles. The zero-order valence-electron chi connectivity index (χ0n) is 9.79. The Balaban J connectivity index is 3.41. The minimum Gasteiger partial charge on any atom is -0.496 e. The van der Waals surface area contributed by atoms with Crippen LogP contribution >= 0.6 is 12.6 Å². The van der Waals surface area contributed by atoms with Crippen LogP contribution in [0.2, 0.25) is 0 Å². The molecule has 2 N–H and O–H groups in total. The number of rotatable bonds is 3. The Morgan fingerprint density at radius 1 is 1.33 bits per heavy atom. The Hall–Kier alpha value is -0.670. The highest BCUT2D eigenvalue weighted by molar-refractivity contribution is 7.80. The van der Waals surface area contributed by atoms with Crippen LogP contribution in [-0.4, -0.2) is 13.7 Å². The zero-order valence-corrected chi connectivity index (χ0v) is 10.7. The van der Waals surface area contributed by atoms with Crippen LogP contribution < -0.4 is 10.5 Å². The number of hydrogen-bond donors (Lipinski definition) is 2. The van der Waals surface area contributed by atoms with Gasteiger partial charge in [-0.2, -0.15) is 12.6 Å². The number of ether oxygens (including phenoxy) is 1. The van der Waals surface area contributed by atoms with Gasteiger partial charge in [-0.3, -0.25) is 0 Å². The fourth-order valence-corrected chi connectivity index (χ4v) is 2.19. The second kappa shape index (κ2) is 4.90. The third-order valence-corrected chi connectivity index (χ3v) is 3.26. The Bertz CT molecular complexity index is 363. The quantitative estimate of drug-likeness (QED) is 0.775. The summed E-state index contributed by atoms with van der Waals surface area (Å²) in [4.78, 5) is 0. The van der Waals surface area contributed by atoms with E-state index in [1.165, 1.54) is 16.7 Å². The number of thiol groups is 1. The van der Waals surface area contributed by atoms with Crippen LogP contribution in [0.15, 0.2) is 6.07 Å². The molecular formula is C12H19NOS. The fraction of sp³-hybridized carbons (Fsp3) is 0.500. The summed E-state index contributed by atoms with van der Waals surface area (Å²) >= 11 is 4.49.